The van der Waals surface area contributed by atoms with E-state index >= 15 is 0 Å². The molecule has 0 saturated carbocycles. The van der Waals surface area contributed by atoms with Crippen LogP contribution in [-0.4, -0.2) is 28.7 Å². The van der Waals surface area contributed by atoms with Crippen LogP contribution in [0.2, 0.25) is 0 Å². The van der Waals surface area contributed by atoms with Gasteiger partial charge in [-0.1, -0.05) is 47.1 Å². The Kier molecular flexibility index (Phi) is 4.68. The van der Waals surface area contributed by atoms with E-state index in [2.05, 4.69) is 52.0 Å². The monoisotopic (exact) mass is 349 g/mol. The maximum absolute atomic E-state index is 12.9. The van der Waals surface area contributed by atoms with Crippen LogP contribution in [-0.2, 0) is 11.2 Å². The van der Waals surface area contributed by atoms with Gasteiger partial charge in [0.25, 0.3) is 0 Å². The minimum atomic E-state index is 0.105. The first-order valence-corrected chi connectivity index (χ1v) is 9.09. The minimum Gasteiger partial charge on any atom is -0.342 e. The van der Waals surface area contributed by atoms with Gasteiger partial charge in [0.05, 0.1) is 5.92 Å². The van der Waals surface area contributed by atoms with Crippen LogP contribution in [0.3, 0.4) is 0 Å². The van der Waals surface area contributed by atoms with Crippen LogP contribution in [0.4, 0.5) is 0 Å². The summed E-state index contributed by atoms with van der Waals surface area (Å²) in [6.45, 7) is 4.08. The lowest BCUT2D eigenvalue weighted by Gasteiger charge is -2.36. The van der Waals surface area contributed by atoms with Crippen LogP contribution >= 0.6 is 15.9 Å². The first-order valence-electron chi connectivity index (χ1n) is 8.17. The van der Waals surface area contributed by atoms with Crippen molar-refractivity contribution in [1.29, 1.82) is 0 Å². The molecular formula is C18H24BrNO. The Hall–Kier alpha value is -0.830. The second-order valence-electron chi connectivity index (χ2n) is 6.48. The summed E-state index contributed by atoms with van der Waals surface area (Å²) in [6.07, 6.45) is 5.55. The van der Waals surface area contributed by atoms with Crippen molar-refractivity contribution in [1.82, 2.24) is 4.90 Å². The van der Waals surface area contributed by atoms with Crippen LogP contribution in [0.5, 0.6) is 0 Å². The summed E-state index contributed by atoms with van der Waals surface area (Å²) in [5.74, 6) is 1.18. The van der Waals surface area contributed by atoms with Crippen molar-refractivity contribution < 1.29 is 4.79 Å². The van der Waals surface area contributed by atoms with Gasteiger partial charge in [-0.05, 0) is 49.1 Å². The zero-order valence-corrected chi connectivity index (χ0v) is 14.3. The lowest BCUT2D eigenvalue weighted by atomic mass is 9.81. The Morgan fingerprint density at radius 1 is 1.24 bits per heavy atom. The molecule has 0 N–H and O–H groups in total. The van der Waals surface area contributed by atoms with Crippen molar-refractivity contribution in [3.8, 4) is 0 Å². The molecule has 2 unspecified atom stereocenters. The number of hydrogen-bond acceptors (Lipinski definition) is 1. The number of hydrogen-bond donors (Lipinski definition) is 0. The number of carbonyl (C=O) groups is 1. The molecule has 2 atom stereocenters. The quantitative estimate of drug-likeness (QED) is 0.735. The van der Waals surface area contributed by atoms with Gasteiger partial charge in [-0.25, -0.2) is 0 Å². The highest BCUT2D eigenvalue weighted by Crippen LogP contribution is 2.34. The zero-order chi connectivity index (χ0) is 14.8. The topological polar surface area (TPSA) is 20.3 Å². The molecule has 1 aliphatic carbocycles. The average molecular weight is 350 g/mol. The Morgan fingerprint density at radius 2 is 1.95 bits per heavy atom. The smallest absolute Gasteiger partial charge is 0.230 e. The lowest BCUT2D eigenvalue weighted by molar-refractivity contribution is -0.134. The van der Waals surface area contributed by atoms with Crippen LogP contribution in [0.15, 0.2) is 24.3 Å². The minimum absolute atomic E-state index is 0.105. The van der Waals surface area contributed by atoms with Crippen molar-refractivity contribution >= 4 is 21.8 Å². The van der Waals surface area contributed by atoms with Gasteiger partial charge in [0.2, 0.25) is 5.91 Å². The molecule has 3 heteroatoms. The van der Waals surface area contributed by atoms with Gasteiger partial charge in [0.1, 0.15) is 0 Å². The molecule has 1 aromatic carbocycles. The molecule has 0 aromatic heterocycles. The van der Waals surface area contributed by atoms with E-state index in [9.17, 15) is 4.79 Å². The van der Waals surface area contributed by atoms with Crippen molar-refractivity contribution in [3.63, 3.8) is 0 Å². The molecule has 21 heavy (non-hydrogen) atoms. The number of rotatable bonds is 2. The molecule has 1 fully saturated rings. The molecule has 0 spiro atoms. The highest BCUT2D eigenvalue weighted by molar-refractivity contribution is 9.09. The van der Waals surface area contributed by atoms with E-state index in [1.165, 1.54) is 11.1 Å². The molecule has 3 rings (SSSR count). The third kappa shape index (κ3) is 3.18. The summed E-state index contributed by atoms with van der Waals surface area (Å²) >= 11 is 3.69. The SMILES string of the molecule is CC(Br)C1CCN(C(=O)C2CCCc3ccccc32)CC1. The fraction of sp³-hybridized carbons (Fsp3) is 0.611. The molecular weight excluding hydrogens is 326 g/mol. The molecule has 1 heterocycles. The Labute approximate surface area is 136 Å². The molecule has 1 aliphatic heterocycles. The Balaban J connectivity index is 1.70. The number of fused-ring (bicyclic) bond motifs is 1. The number of amides is 1. The number of halogens is 1. The summed E-state index contributed by atoms with van der Waals surface area (Å²) in [6, 6.07) is 8.51. The number of aryl methyl sites for hydroxylation is 1. The van der Waals surface area contributed by atoms with Crippen molar-refractivity contribution in [3.05, 3.63) is 35.4 Å². The Morgan fingerprint density at radius 3 is 2.67 bits per heavy atom. The molecule has 1 saturated heterocycles. The van der Waals surface area contributed by atoms with Crippen LogP contribution in [0, 0.1) is 5.92 Å². The van der Waals surface area contributed by atoms with E-state index in [-0.39, 0.29) is 5.92 Å². The van der Waals surface area contributed by atoms with E-state index in [1.807, 2.05) is 0 Å². The number of piperidine rings is 1. The number of alkyl halides is 1. The molecule has 1 aromatic rings. The van der Waals surface area contributed by atoms with E-state index in [1.54, 1.807) is 0 Å². The predicted octanol–water partition coefficient (Wildman–Crippen LogP) is 4.13. The fourth-order valence-corrected chi connectivity index (χ4v) is 4.34. The standard InChI is InChI=1S/C18H24BrNO/c1-13(19)14-9-11-20(12-10-14)18(21)17-8-4-6-15-5-2-3-7-16(15)17/h2-3,5,7,13-14,17H,4,6,8-12H2,1H3. The second kappa shape index (κ2) is 6.51. The summed E-state index contributed by atoms with van der Waals surface area (Å²) < 4.78 is 0. The maximum Gasteiger partial charge on any atom is 0.230 e. The summed E-state index contributed by atoms with van der Waals surface area (Å²) in [4.78, 5) is 15.6. The molecule has 2 aliphatic rings. The number of carbonyl (C=O) groups excluding carboxylic acids is 1. The van der Waals surface area contributed by atoms with E-state index in [4.69, 9.17) is 0 Å². The lowest BCUT2D eigenvalue weighted by Crippen LogP contribution is -2.42. The number of nitrogens with zero attached hydrogens (tertiary/aromatic N) is 1. The van der Waals surface area contributed by atoms with E-state index < -0.39 is 0 Å². The van der Waals surface area contributed by atoms with Gasteiger partial charge in [-0.15, -0.1) is 0 Å². The highest BCUT2D eigenvalue weighted by Gasteiger charge is 2.32. The van der Waals surface area contributed by atoms with Crippen LogP contribution < -0.4 is 0 Å². The third-order valence-electron chi connectivity index (χ3n) is 5.17. The van der Waals surface area contributed by atoms with Gasteiger partial charge in [0, 0.05) is 17.9 Å². The van der Waals surface area contributed by atoms with Crippen molar-refractivity contribution in [2.24, 2.45) is 5.92 Å². The van der Waals surface area contributed by atoms with Crippen molar-refractivity contribution in [2.45, 2.75) is 49.8 Å². The van der Waals surface area contributed by atoms with Crippen molar-refractivity contribution in [2.75, 3.05) is 13.1 Å². The van der Waals surface area contributed by atoms with Gasteiger partial charge in [-0.3, -0.25) is 4.79 Å². The largest absolute Gasteiger partial charge is 0.342 e. The van der Waals surface area contributed by atoms with Gasteiger partial charge in [0.15, 0.2) is 0 Å². The predicted molar refractivity (Wildman–Crippen MR) is 89.8 cm³/mol. The molecule has 1 amide bonds. The summed E-state index contributed by atoms with van der Waals surface area (Å²) in [5, 5.41) is 0. The van der Waals surface area contributed by atoms with Gasteiger partial charge in [-0.2, -0.15) is 0 Å². The molecule has 0 radical (unpaired) electrons. The highest BCUT2D eigenvalue weighted by atomic mass is 79.9. The molecule has 114 valence electrons. The second-order valence-corrected chi connectivity index (χ2v) is 7.93. The van der Waals surface area contributed by atoms with Gasteiger partial charge >= 0.3 is 0 Å². The van der Waals surface area contributed by atoms with Gasteiger partial charge < -0.3 is 4.90 Å². The number of benzene rings is 1. The first kappa shape index (κ1) is 15.1. The summed E-state index contributed by atoms with van der Waals surface area (Å²) in [5.41, 5.74) is 2.66. The van der Waals surface area contributed by atoms with Crippen LogP contribution in [0.25, 0.3) is 0 Å². The first-order chi connectivity index (χ1) is 10.2. The average Bonchev–Trinajstić information content (AvgIpc) is 2.53. The fourth-order valence-electron chi connectivity index (χ4n) is 3.81. The summed E-state index contributed by atoms with van der Waals surface area (Å²) in [7, 11) is 0. The normalized spacial score (nSPS) is 24.5. The number of likely N-dealkylation sites (tertiary alicyclic amines) is 1. The Bertz CT molecular complexity index is 506. The molecule has 2 nitrogen and oxygen atoms in total. The third-order valence-corrected chi connectivity index (χ3v) is 5.92. The maximum atomic E-state index is 12.9. The van der Waals surface area contributed by atoms with E-state index in [0.717, 1.165) is 45.2 Å². The molecule has 0 bridgehead atoms. The zero-order valence-electron chi connectivity index (χ0n) is 12.7. The van der Waals surface area contributed by atoms with Crippen LogP contribution in [0.1, 0.15) is 49.7 Å². The van der Waals surface area contributed by atoms with E-state index in [0.29, 0.717) is 16.7 Å².